The van der Waals surface area contributed by atoms with Crippen molar-refractivity contribution >= 4 is 22.8 Å². The molecule has 22 heavy (non-hydrogen) atoms. The average Bonchev–Trinajstić information content (AvgIpc) is 2.47. The molecule has 0 radical (unpaired) electrons. The largest absolute Gasteiger partial charge is 0.332 e. The first-order chi connectivity index (χ1) is 10.4. The van der Waals surface area contributed by atoms with Gasteiger partial charge in [-0.1, -0.05) is 27.2 Å². The number of rotatable bonds is 5. The molecule has 2 rings (SSSR count). The number of hydrogen-bond donors (Lipinski definition) is 0. The van der Waals surface area contributed by atoms with Gasteiger partial charge in [0.1, 0.15) is 16.2 Å². The first-order valence-electron chi connectivity index (χ1n) is 7.50. The Morgan fingerprint density at radius 1 is 1.14 bits per heavy atom. The summed E-state index contributed by atoms with van der Waals surface area (Å²) in [6, 6.07) is 0. The van der Waals surface area contributed by atoms with E-state index in [1.54, 1.807) is 7.05 Å². The zero-order chi connectivity index (χ0) is 16.4. The summed E-state index contributed by atoms with van der Waals surface area (Å²) in [5.41, 5.74) is -0.265. The highest BCUT2D eigenvalue weighted by Gasteiger charge is 2.17. The summed E-state index contributed by atoms with van der Waals surface area (Å²) in [5, 5.41) is 1.39. The molecular weight excluding hydrogens is 300 g/mol. The SMILES string of the molecule is CCCCc1nc(SC(C)C)c2c(=O)n(C)c(=O)n(C)c2n1. The molecule has 0 aromatic carbocycles. The Balaban J connectivity index is 2.82. The van der Waals surface area contributed by atoms with E-state index in [0.717, 1.165) is 23.8 Å². The number of nitrogens with zero attached hydrogens (tertiary/aromatic N) is 4. The molecule has 0 N–H and O–H groups in total. The second kappa shape index (κ2) is 6.64. The van der Waals surface area contributed by atoms with E-state index in [9.17, 15) is 9.59 Å². The molecule has 0 aliphatic heterocycles. The molecule has 0 aliphatic rings. The van der Waals surface area contributed by atoms with Crippen molar-refractivity contribution < 1.29 is 0 Å². The average molecular weight is 322 g/mol. The van der Waals surface area contributed by atoms with Gasteiger partial charge in [0.25, 0.3) is 5.56 Å². The van der Waals surface area contributed by atoms with Crippen LogP contribution in [0.2, 0.25) is 0 Å². The zero-order valence-corrected chi connectivity index (χ0v) is 14.5. The van der Waals surface area contributed by atoms with Gasteiger partial charge >= 0.3 is 5.69 Å². The van der Waals surface area contributed by atoms with E-state index >= 15 is 0 Å². The summed E-state index contributed by atoms with van der Waals surface area (Å²) in [4.78, 5) is 33.6. The van der Waals surface area contributed by atoms with Crippen LogP contribution in [0.5, 0.6) is 0 Å². The summed E-state index contributed by atoms with van der Waals surface area (Å²) in [6.07, 6.45) is 2.78. The Labute approximate surface area is 133 Å². The van der Waals surface area contributed by atoms with Gasteiger partial charge in [0, 0.05) is 25.8 Å². The molecule has 0 unspecified atom stereocenters. The van der Waals surface area contributed by atoms with Crippen LogP contribution >= 0.6 is 11.8 Å². The predicted molar refractivity (Wildman–Crippen MR) is 89.6 cm³/mol. The van der Waals surface area contributed by atoms with Gasteiger partial charge in [-0.15, -0.1) is 11.8 Å². The molecule has 0 spiro atoms. The van der Waals surface area contributed by atoms with Crippen molar-refractivity contribution in [3.63, 3.8) is 0 Å². The van der Waals surface area contributed by atoms with Gasteiger partial charge in [0.15, 0.2) is 5.65 Å². The normalized spacial score (nSPS) is 11.5. The van der Waals surface area contributed by atoms with Crippen LogP contribution < -0.4 is 11.2 Å². The van der Waals surface area contributed by atoms with Crippen LogP contribution in [0.1, 0.15) is 39.4 Å². The molecule has 7 heteroatoms. The lowest BCUT2D eigenvalue weighted by Crippen LogP contribution is -2.38. The highest BCUT2D eigenvalue weighted by atomic mass is 32.2. The van der Waals surface area contributed by atoms with Crippen molar-refractivity contribution in [3.05, 3.63) is 26.7 Å². The van der Waals surface area contributed by atoms with Crippen LogP contribution in [0, 0.1) is 0 Å². The summed E-state index contributed by atoms with van der Waals surface area (Å²) in [6.45, 7) is 6.21. The lowest BCUT2D eigenvalue weighted by Gasteiger charge is -2.12. The standard InChI is InChI=1S/C15H22N4O2S/c1-6-7-8-10-16-12-11(13(17-10)22-9(2)3)14(20)19(5)15(21)18(12)4/h9H,6-8H2,1-5H3. The fraction of sp³-hybridized carbons (Fsp3) is 0.600. The zero-order valence-electron chi connectivity index (χ0n) is 13.7. The van der Waals surface area contributed by atoms with Gasteiger partial charge in [0.2, 0.25) is 0 Å². The molecule has 0 bridgehead atoms. The minimum atomic E-state index is -0.363. The molecular formula is C15H22N4O2S. The van der Waals surface area contributed by atoms with Crippen molar-refractivity contribution in [1.82, 2.24) is 19.1 Å². The second-order valence-corrected chi connectivity index (χ2v) is 7.18. The van der Waals surface area contributed by atoms with Gasteiger partial charge in [-0.3, -0.25) is 13.9 Å². The minimum Gasteiger partial charge on any atom is -0.280 e. The van der Waals surface area contributed by atoms with E-state index in [1.807, 2.05) is 0 Å². The first kappa shape index (κ1) is 16.7. The Morgan fingerprint density at radius 2 is 1.82 bits per heavy atom. The smallest absolute Gasteiger partial charge is 0.280 e. The van der Waals surface area contributed by atoms with Crippen molar-refractivity contribution in [3.8, 4) is 0 Å². The van der Waals surface area contributed by atoms with Crippen molar-refractivity contribution in [2.75, 3.05) is 0 Å². The minimum absolute atomic E-state index is 0.291. The first-order valence-corrected chi connectivity index (χ1v) is 8.38. The van der Waals surface area contributed by atoms with Gasteiger partial charge in [0.05, 0.1) is 0 Å². The highest BCUT2D eigenvalue weighted by molar-refractivity contribution is 8.00. The number of hydrogen-bond acceptors (Lipinski definition) is 5. The monoisotopic (exact) mass is 322 g/mol. The Morgan fingerprint density at radius 3 is 2.41 bits per heavy atom. The second-order valence-electron chi connectivity index (χ2n) is 5.62. The fourth-order valence-electron chi connectivity index (χ4n) is 2.23. The van der Waals surface area contributed by atoms with E-state index in [4.69, 9.17) is 0 Å². The Kier molecular flexibility index (Phi) is 5.05. The van der Waals surface area contributed by atoms with Crippen LogP contribution in [0.25, 0.3) is 11.0 Å². The van der Waals surface area contributed by atoms with Crippen molar-refractivity contribution in [2.45, 2.75) is 50.3 Å². The lowest BCUT2D eigenvalue weighted by atomic mass is 10.2. The third-order valence-electron chi connectivity index (χ3n) is 3.41. The maximum absolute atomic E-state index is 12.5. The third-order valence-corrected chi connectivity index (χ3v) is 4.40. The number of unbranched alkanes of at least 4 members (excludes halogenated alkanes) is 1. The van der Waals surface area contributed by atoms with E-state index < -0.39 is 0 Å². The topological polar surface area (TPSA) is 69.8 Å². The molecule has 0 aliphatic carbocycles. The van der Waals surface area contributed by atoms with Gasteiger partial charge in [-0.2, -0.15) is 0 Å². The van der Waals surface area contributed by atoms with Crippen LogP contribution in [0.15, 0.2) is 14.6 Å². The van der Waals surface area contributed by atoms with Crippen LogP contribution in [-0.2, 0) is 20.5 Å². The molecule has 0 atom stereocenters. The van der Waals surface area contributed by atoms with Crippen molar-refractivity contribution in [1.29, 1.82) is 0 Å². The van der Waals surface area contributed by atoms with Gasteiger partial charge < -0.3 is 0 Å². The molecule has 2 aromatic heterocycles. The molecule has 120 valence electrons. The van der Waals surface area contributed by atoms with Crippen LogP contribution in [-0.4, -0.2) is 24.4 Å². The molecule has 2 heterocycles. The van der Waals surface area contributed by atoms with E-state index in [0.29, 0.717) is 27.1 Å². The van der Waals surface area contributed by atoms with Gasteiger partial charge in [-0.05, 0) is 6.42 Å². The number of fused-ring (bicyclic) bond motifs is 1. The highest BCUT2D eigenvalue weighted by Crippen LogP contribution is 2.26. The number of aryl methyl sites for hydroxylation is 2. The lowest BCUT2D eigenvalue weighted by molar-refractivity contribution is 0.690. The third kappa shape index (κ3) is 3.09. The van der Waals surface area contributed by atoms with E-state index in [1.165, 1.54) is 23.4 Å². The fourth-order valence-corrected chi connectivity index (χ4v) is 3.13. The predicted octanol–water partition coefficient (Wildman–Crippen LogP) is 1.87. The summed E-state index contributed by atoms with van der Waals surface area (Å²) in [5.74, 6) is 0.695. The number of thioether (sulfide) groups is 1. The quantitative estimate of drug-likeness (QED) is 0.621. The van der Waals surface area contributed by atoms with Gasteiger partial charge in [-0.25, -0.2) is 14.8 Å². The molecule has 0 amide bonds. The Hall–Kier alpha value is -1.63. The van der Waals surface area contributed by atoms with Crippen molar-refractivity contribution in [2.24, 2.45) is 14.1 Å². The molecule has 0 saturated heterocycles. The summed E-state index contributed by atoms with van der Waals surface area (Å²) < 4.78 is 2.54. The van der Waals surface area contributed by atoms with E-state index in [2.05, 4.69) is 30.7 Å². The maximum Gasteiger partial charge on any atom is 0.332 e. The summed E-state index contributed by atoms with van der Waals surface area (Å²) >= 11 is 1.53. The molecule has 0 fully saturated rings. The molecule has 6 nitrogen and oxygen atoms in total. The maximum atomic E-state index is 12.5. The molecule has 0 saturated carbocycles. The van der Waals surface area contributed by atoms with Crippen LogP contribution in [0.4, 0.5) is 0 Å². The number of aromatic nitrogens is 4. The van der Waals surface area contributed by atoms with E-state index in [-0.39, 0.29) is 11.2 Å². The molecule has 2 aromatic rings. The summed E-state index contributed by atoms with van der Waals surface area (Å²) in [7, 11) is 3.13. The van der Waals surface area contributed by atoms with Crippen LogP contribution in [0.3, 0.4) is 0 Å². The Bertz CT molecular complexity index is 808.